The van der Waals surface area contributed by atoms with E-state index in [0.29, 0.717) is 12.2 Å². The largest absolute Gasteiger partial charge is 0.461 e. The van der Waals surface area contributed by atoms with Crippen LogP contribution in [-0.2, 0) is 26.2 Å². The van der Waals surface area contributed by atoms with Gasteiger partial charge in [-0.05, 0) is 37.6 Å². The Labute approximate surface area is 176 Å². The maximum atomic E-state index is 6.94. The van der Waals surface area contributed by atoms with E-state index < -0.39 is 5.60 Å². The van der Waals surface area contributed by atoms with Gasteiger partial charge >= 0.3 is 0 Å². The summed E-state index contributed by atoms with van der Waals surface area (Å²) in [6.07, 6.45) is 4.35. The summed E-state index contributed by atoms with van der Waals surface area (Å²) in [6, 6.07) is 18.4. The van der Waals surface area contributed by atoms with Gasteiger partial charge in [-0.1, -0.05) is 42.5 Å². The molecule has 0 bridgehead atoms. The summed E-state index contributed by atoms with van der Waals surface area (Å²) in [6.45, 7) is 2.23. The number of hydrogen-bond donors (Lipinski definition) is 1. The Bertz CT molecular complexity index is 991. The lowest BCUT2D eigenvalue weighted by Gasteiger charge is -2.38. The highest BCUT2D eigenvalue weighted by Crippen LogP contribution is 2.41. The highest BCUT2D eigenvalue weighted by Gasteiger charge is 2.46. The minimum atomic E-state index is -0.878. The molecular weight excluding hydrogens is 378 g/mol. The maximum Gasteiger partial charge on any atom is 0.230 e. The van der Waals surface area contributed by atoms with Crippen LogP contribution in [0.4, 0.5) is 0 Å². The van der Waals surface area contributed by atoms with Gasteiger partial charge in [-0.25, -0.2) is 4.98 Å². The summed E-state index contributed by atoms with van der Waals surface area (Å²) in [5, 5.41) is 0. The molecule has 0 radical (unpaired) electrons. The van der Waals surface area contributed by atoms with Crippen molar-refractivity contribution in [3.63, 3.8) is 0 Å². The van der Waals surface area contributed by atoms with Crippen LogP contribution in [0.15, 0.2) is 66.6 Å². The molecular formula is C24H27N3O3. The molecule has 0 aliphatic carbocycles. The van der Waals surface area contributed by atoms with Crippen LogP contribution in [0.25, 0.3) is 11.0 Å². The van der Waals surface area contributed by atoms with Gasteiger partial charge in [-0.15, -0.1) is 0 Å². The number of nitrogens with zero attached hydrogens (tertiary/aromatic N) is 2. The lowest BCUT2D eigenvalue weighted by molar-refractivity contribution is -0.123. The molecule has 3 heterocycles. The number of para-hydroxylation sites is 2. The molecule has 1 unspecified atom stereocenters. The van der Waals surface area contributed by atoms with E-state index >= 15 is 0 Å². The maximum absolute atomic E-state index is 6.94. The monoisotopic (exact) mass is 405 g/mol. The fourth-order valence-corrected chi connectivity index (χ4v) is 4.31. The Morgan fingerprint density at radius 1 is 1.10 bits per heavy atom. The van der Waals surface area contributed by atoms with Gasteiger partial charge in [0.25, 0.3) is 0 Å². The van der Waals surface area contributed by atoms with Crippen molar-refractivity contribution in [2.24, 2.45) is 0 Å². The molecule has 156 valence electrons. The number of likely N-dealkylation sites (tertiary alicyclic amines) is 1. The van der Waals surface area contributed by atoms with Crippen molar-refractivity contribution in [2.75, 3.05) is 26.9 Å². The van der Waals surface area contributed by atoms with Gasteiger partial charge in [-0.3, -0.25) is 0 Å². The molecule has 0 spiro atoms. The number of aromatic nitrogens is 2. The number of benzene rings is 2. The summed E-state index contributed by atoms with van der Waals surface area (Å²) in [5.41, 5.74) is 2.17. The quantitative estimate of drug-likeness (QED) is 0.673. The average Bonchev–Trinajstić information content (AvgIpc) is 3.46. The van der Waals surface area contributed by atoms with Crippen molar-refractivity contribution >= 4 is 11.0 Å². The highest BCUT2D eigenvalue weighted by atomic mass is 16.7. The van der Waals surface area contributed by atoms with E-state index in [0.717, 1.165) is 48.4 Å². The number of H-pyrrole nitrogens is 1. The smallest absolute Gasteiger partial charge is 0.230 e. The minimum absolute atomic E-state index is 0.114. The zero-order valence-electron chi connectivity index (χ0n) is 17.2. The van der Waals surface area contributed by atoms with Crippen molar-refractivity contribution in [1.82, 2.24) is 14.9 Å². The molecule has 1 saturated heterocycles. The summed E-state index contributed by atoms with van der Waals surface area (Å²) in [4.78, 5) is 10.8. The fourth-order valence-electron chi connectivity index (χ4n) is 4.31. The molecule has 1 fully saturated rings. The Morgan fingerprint density at radius 3 is 2.60 bits per heavy atom. The Morgan fingerprint density at radius 2 is 1.87 bits per heavy atom. The van der Waals surface area contributed by atoms with Crippen LogP contribution in [-0.4, -0.2) is 47.9 Å². The second-order valence-corrected chi connectivity index (χ2v) is 8.12. The minimum Gasteiger partial charge on any atom is -0.461 e. The highest BCUT2D eigenvalue weighted by molar-refractivity contribution is 5.75. The van der Waals surface area contributed by atoms with Gasteiger partial charge in [0.15, 0.2) is 11.4 Å². The molecule has 0 saturated carbocycles. The molecule has 6 heteroatoms. The number of aromatic amines is 1. The van der Waals surface area contributed by atoms with Gasteiger partial charge < -0.3 is 24.1 Å². The topological polar surface area (TPSA) is 59.6 Å². The van der Waals surface area contributed by atoms with Crippen LogP contribution < -0.4 is 0 Å². The van der Waals surface area contributed by atoms with E-state index in [4.69, 9.17) is 19.2 Å². The molecule has 2 aliphatic rings. The van der Waals surface area contributed by atoms with Crippen LogP contribution in [0.5, 0.6) is 0 Å². The van der Waals surface area contributed by atoms with Crippen molar-refractivity contribution < 1.29 is 14.2 Å². The molecule has 1 N–H and O–H groups in total. The zero-order valence-corrected chi connectivity index (χ0v) is 17.2. The van der Waals surface area contributed by atoms with Crippen LogP contribution in [0.3, 0.4) is 0 Å². The van der Waals surface area contributed by atoms with E-state index in [1.54, 1.807) is 6.26 Å². The van der Waals surface area contributed by atoms with Crippen molar-refractivity contribution in [1.29, 1.82) is 0 Å². The second-order valence-electron chi connectivity index (χ2n) is 8.12. The first-order valence-electron chi connectivity index (χ1n) is 10.5. The zero-order chi connectivity index (χ0) is 20.4. The van der Waals surface area contributed by atoms with E-state index in [9.17, 15) is 0 Å². The predicted molar refractivity (Wildman–Crippen MR) is 115 cm³/mol. The number of nitrogens with one attached hydrogen (secondary N) is 1. The molecule has 2 aliphatic heterocycles. The Balaban J connectivity index is 1.61. The van der Waals surface area contributed by atoms with E-state index in [-0.39, 0.29) is 12.9 Å². The summed E-state index contributed by atoms with van der Waals surface area (Å²) >= 11 is 0. The van der Waals surface area contributed by atoms with Crippen LogP contribution in [0.2, 0.25) is 0 Å². The van der Waals surface area contributed by atoms with Gasteiger partial charge in [0.2, 0.25) is 6.79 Å². The van der Waals surface area contributed by atoms with Crippen LogP contribution in [0.1, 0.15) is 24.2 Å². The molecule has 30 heavy (non-hydrogen) atoms. The molecule has 5 rings (SSSR count). The second kappa shape index (κ2) is 8.13. The van der Waals surface area contributed by atoms with Gasteiger partial charge in [0.1, 0.15) is 12.1 Å². The van der Waals surface area contributed by atoms with Gasteiger partial charge in [-0.2, -0.15) is 0 Å². The number of piperidine rings is 1. The molecule has 3 aromatic rings. The summed E-state index contributed by atoms with van der Waals surface area (Å²) < 4.78 is 18.4. The van der Waals surface area contributed by atoms with Gasteiger partial charge in [0.05, 0.1) is 17.1 Å². The fraction of sp³-hybridized carbons (Fsp3) is 0.375. The lowest BCUT2D eigenvalue weighted by atomic mass is 9.90. The van der Waals surface area contributed by atoms with Crippen LogP contribution >= 0.6 is 0 Å². The molecule has 1 aromatic heterocycles. The number of fused-ring (bicyclic) bond motifs is 1. The van der Waals surface area contributed by atoms with Gasteiger partial charge in [0, 0.05) is 19.5 Å². The van der Waals surface area contributed by atoms with Crippen molar-refractivity contribution in [3.05, 3.63) is 78.0 Å². The van der Waals surface area contributed by atoms with E-state index in [2.05, 4.69) is 41.2 Å². The molecule has 0 amide bonds. The number of rotatable bonds is 6. The average molecular weight is 405 g/mol. The number of imidazole rings is 1. The standard InChI is InChI=1S/C24H27N3O3/c1-27-13-11-19(12-14-27)30-24(22-16-28-17-29-22,15-18-7-3-2-4-8-18)23-25-20-9-5-6-10-21(20)26-23/h2-10,16,19H,11-15,17H2,1H3,(H,25,26). The first-order chi connectivity index (χ1) is 14.7. The van der Waals surface area contributed by atoms with Crippen molar-refractivity contribution in [3.8, 4) is 0 Å². The van der Waals surface area contributed by atoms with E-state index in [1.807, 2.05) is 30.3 Å². The Hall–Kier alpha value is -2.83. The number of ether oxygens (including phenoxy) is 3. The Kier molecular flexibility index (Phi) is 5.19. The number of hydrogen-bond acceptors (Lipinski definition) is 5. The lowest BCUT2D eigenvalue weighted by Crippen LogP contribution is -2.43. The molecule has 6 nitrogen and oxygen atoms in total. The van der Waals surface area contributed by atoms with E-state index in [1.165, 1.54) is 0 Å². The third-order valence-electron chi connectivity index (χ3n) is 5.97. The van der Waals surface area contributed by atoms with Crippen LogP contribution in [0, 0.1) is 0 Å². The molecule has 2 aromatic carbocycles. The predicted octanol–water partition coefficient (Wildman–Crippen LogP) is 3.96. The first kappa shape index (κ1) is 19.2. The SMILES string of the molecule is CN1CCC(OC(Cc2ccccc2)(C2=COCO2)c2nc3ccccc3[nH]2)CC1. The third kappa shape index (κ3) is 3.68. The normalized spacial score (nSPS) is 19.8. The van der Waals surface area contributed by atoms with Crippen molar-refractivity contribution in [2.45, 2.75) is 31.0 Å². The summed E-state index contributed by atoms with van der Waals surface area (Å²) in [7, 11) is 2.16. The third-order valence-corrected chi connectivity index (χ3v) is 5.97. The molecule has 1 atom stereocenters. The first-order valence-corrected chi connectivity index (χ1v) is 10.5. The summed E-state index contributed by atoms with van der Waals surface area (Å²) in [5.74, 6) is 1.42.